The summed E-state index contributed by atoms with van der Waals surface area (Å²) in [5.74, 6) is 1.01. The number of nitrogens with one attached hydrogen (secondary N) is 1. The molecule has 2 rings (SSSR count). The van der Waals surface area contributed by atoms with E-state index in [0.29, 0.717) is 13.0 Å². The van der Waals surface area contributed by atoms with Crippen molar-refractivity contribution in [1.29, 1.82) is 0 Å². The fraction of sp³-hybridized carbons (Fsp3) is 0.941. The molecule has 23 heavy (non-hydrogen) atoms. The number of nitrogens with two attached hydrogens (primary N) is 1. The Hall–Kier alpha value is -0.0300. The van der Waals surface area contributed by atoms with Crippen LogP contribution in [0.4, 0.5) is 0 Å². The van der Waals surface area contributed by atoms with E-state index >= 15 is 0 Å². The van der Waals surface area contributed by atoms with Crippen LogP contribution in [0, 0.1) is 11.3 Å². The molecule has 0 spiro atoms. The van der Waals surface area contributed by atoms with E-state index in [4.69, 9.17) is 5.73 Å². The summed E-state index contributed by atoms with van der Waals surface area (Å²) in [6.45, 7) is 3.91. The van der Waals surface area contributed by atoms with Gasteiger partial charge in [0.1, 0.15) is 0 Å². The van der Waals surface area contributed by atoms with Gasteiger partial charge in [-0.3, -0.25) is 4.79 Å². The number of carbonyl (C=O) groups is 1. The number of halogens is 2. The molecule has 1 heterocycles. The molecule has 2 fully saturated rings. The van der Waals surface area contributed by atoms with Crippen molar-refractivity contribution in [3.63, 3.8) is 0 Å². The Balaban J connectivity index is 0.00000242. The lowest BCUT2D eigenvalue weighted by atomic mass is 9.71. The molecule has 0 aromatic heterocycles. The van der Waals surface area contributed by atoms with Gasteiger partial charge in [0.05, 0.1) is 0 Å². The van der Waals surface area contributed by atoms with Crippen molar-refractivity contribution in [2.45, 2.75) is 57.8 Å². The molecule has 2 aliphatic rings. The monoisotopic (exact) mass is 367 g/mol. The molecule has 0 radical (unpaired) electrons. The lowest BCUT2D eigenvalue weighted by Gasteiger charge is -2.35. The molecule has 1 aliphatic heterocycles. The Morgan fingerprint density at radius 3 is 2.35 bits per heavy atom. The number of piperidine rings is 1. The zero-order chi connectivity index (χ0) is 15.1. The topological polar surface area (TPSA) is 58.4 Å². The van der Waals surface area contributed by atoms with Crippen molar-refractivity contribution >= 4 is 30.7 Å². The normalized spacial score (nSPS) is 21.8. The molecule has 3 N–H and O–H groups in total. The van der Waals surface area contributed by atoms with E-state index < -0.39 is 0 Å². The number of rotatable bonds is 6. The quantitative estimate of drug-likeness (QED) is 0.758. The summed E-state index contributed by atoms with van der Waals surface area (Å²) in [6, 6.07) is 0. The molecule has 0 bridgehead atoms. The van der Waals surface area contributed by atoms with E-state index in [1.165, 1.54) is 45.2 Å². The van der Waals surface area contributed by atoms with Crippen LogP contribution in [0.5, 0.6) is 0 Å². The van der Waals surface area contributed by atoms with Crippen molar-refractivity contribution < 1.29 is 4.79 Å². The first-order chi connectivity index (χ1) is 10.1. The van der Waals surface area contributed by atoms with Crippen LogP contribution in [0.25, 0.3) is 0 Å². The second kappa shape index (κ2) is 11.5. The van der Waals surface area contributed by atoms with Crippen LogP contribution in [0.1, 0.15) is 57.8 Å². The molecular formula is C17H35Cl2N3O. The summed E-state index contributed by atoms with van der Waals surface area (Å²) in [7, 11) is 2.19. The van der Waals surface area contributed by atoms with Crippen molar-refractivity contribution in [3.8, 4) is 0 Å². The van der Waals surface area contributed by atoms with E-state index in [1.807, 2.05) is 0 Å². The number of likely N-dealkylation sites (tertiary alicyclic amines) is 1. The maximum Gasteiger partial charge on any atom is 0.220 e. The second-order valence-electron chi connectivity index (χ2n) is 7.33. The van der Waals surface area contributed by atoms with Gasteiger partial charge >= 0.3 is 0 Å². The number of amides is 1. The van der Waals surface area contributed by atoms with Crippen molar-refractivity contribution in [2.75, 3.05) is 33.2 Å². The Kier molecular flexibility index (Phi) is 11.5. The summed E-state index contributed by atoms with van der Waals surface area (Å²) in [5, 5.41) is 3.14. The first-order valence-corrected chi connectivity index (χ1v) is 8.79. The molecular weight excluding hydrogens is 333 g/mol. The molecule has 1 amide bonds. The smallest absolute Gasteiger partial charge is 0.220 e. The highest BCUT2D eigenvalue weighted by atomic mass is 35.5. The lowest BCUT2D eigenvalue weighted by molar-refractivity contribution is -0.123. The highest BCUT2D eigenvalue weighted by molar-refractivity contribution is 5.85. The highest BCUT2D eigenvalue weighted by Crippen LogP contribution is 2.38. The first kappa shape index (κ1) is 23.0. The molecule has 1 aliphatic carbocycles. The van der Waals surface area contributed by atoms with E-state index in [9.17, 15) is 4.79 Å². The van der Waals surface area contributed by atoms with Crippen LogP contribution in [-0.2, 0) is 4.79 Å². The number of hydrogen-bond acceptors (Lipinski definition) is 3. The van der Waals surface area contributed by atoms with Gasteiger partial charge in [-0.2, -0.15) is 0 Å². The summed E-state index contributed by atoms with van der Waals surface area (Å²) in [5.41, 5.74) is 6.05. The Labute approximate surface area is 154 Å². The molecule has 0 aromatic rings. The maximum absolute atomic E-state index is 12.2. The number of hydrogen-bond donors (Lipinski definition) is 2. The standard InChI is InChI=1S/C17H33N3O.2ClH/c1-20-11-6-15(7-12-20)5-10-19-16(21)13-17(14-18)8-3-2-4-9-17;;/h15H,2-14,18H2,1H3,(H,19,21);2*1H. The minimum Gasteiger partial charge on any atom is -0.356 e. The molecule has 0 aromatic carbocycles. The van der Waals surface area contributed by atoms with E-state index in [-0.39, 0.29) is 36.1 Å². The molecule has 6 heteroatoms. The summed E-state index contributed by atoms with van der Waals surface area (Å²) >= 11 is 0. The number of carbonyl (C=O) groups excluding carboxylic acids is 1. The van der Waals surface area contributed by atoms with Gasteiger partial charge in [-0.15, -0.1) is 24.8 Å². The van der Waals surface area contributed by atoms with Crippen molar-refractivity contribution in [3.05, 3.63) is 0 Å². The molecule has 0 unspecified atom stereocenters. The first-order valence-electron chi connectivity index (χ1n) is 8.79. The van der Waals surface area contributed by atoms with Crippen molar-refractivity contribution in [2.24, 2.45) is 17.1 Å². The largest absolute Gasteiger partial charge is 0.356 e. The third kappa shape index (κ3) is 7.59. The third-order valence-corrected chi connectivity index (χ3v) is 5.60. The minimum atomic E-state index is 0. The summed E-state index contributed by atoms with van der Waals surface area (Å²) in [6.07, 6.45) is 10.4. The minimum absolute atomic E-state index is 0. The van der Waals surface area contributed by atoms with E-state index in [1.54, 1.807) is 0 Å². The zero-order valence-corrected chi connectivity index (χ0v) is 16.2. The summed E-state index contributed by atoms with van der Waals surface area (Å²) < 4.78 is 0. The van der Waals surface area contributed by atoms with Gasteiger partial charge in [0.15, 0.2) is 0 Å². The fourth-order valence-corrected chi connectivity index (χ4v) is 3.92. The molecule has 4 nitrogen and oxygen atoms in total. The summed E-state index contributed by atoms with van der Waals surface area (Å²) in [4.78, 5) is 14.6. The van der Waals surface area contributed by atoms with Gasteiger partial charge in [0, 0.05) is 13.0 Å². The SMILES string of the molecule is CN1CCC(CCNC(=O)CC2(CN)CCCCC2)CC1.Cl.Cl. The molecule has 1 saturated carbocycles. The van der Waals surface area contributed by atoms with Crippen LogP contribution < -0.4 is 11.1 Å². The predicted octanol–water partition coefficient (Wildman–Crippen LogP) is 2.98. The van der Waals surface area contributed by atoms with Crippen LogP contribution >= 0.6 is 24.8 Å². The molecule has 138 valence electrons. The van der Waals surface area contributed by atoms with E-state index in [2.05, 4.69) is 17.3 Å². The van der Waals surface area contributed by atoms with Gasteiger partial charge in [0.25, 0.3) is 0 Å². The van der Waals surface area contributed by atoms with Gasteiger partial charge in [-0.05, 0) is 70.1 Å². The van der Waals surface area contributed by atoms with Crippen molar-refractivity contribution in [1.82, 2.24) is 10.2 Å². The zero-order valence-electron chi connectivity index (χ0n) is 14.5. The van der Waals surface area contributed by atoms with E-state index in [0.717, 1.165) is 31.7 Å². The van der Waals surface area contributed by atoms with Gasteiger partial charge in [-0.1, -0.05) is 19.3 Å². The van der Waals surface area contributed by atoms with Gasteiger partial charge < -0.3 is 16.0 Å². The third-order valence-electron chi connectivity index (χ3n) is 5.60. The predicted molar refractivity (Wildman–Crippen MR) is 102 cm³/mol. The Morgan fingerprint density at radius 1 is 1.17 bits per heavy atom. The average Bonchev–Trinajstić information content (AvgIpc) is 2.50. The average molecular weight is 368 g/mol. The van der Waals surface area contributed by atoms with Gasteiger partial charge in [-0.25, -0.2) is 0 Å². The maximum atomic E-state index is 12.2. The second-order valence-corrected chi connectivity index (χ2v) is 7.33. The molecule has 1 saturated heterocycles. The fourth-order valence-electron chi connectivity index (χ4n) is 3.92. The Morgan fingerprint density at radius 2 is 1.78 bits per heavy atom. The van der Waals surface area contributed by atoms with Crippen LogP contribution in [0.15, 0.2) is 0 Å². The number of nitrogens with zero attached hydrogens (tertiary/aromatic N) is 1. The Bertz CT molecular complexity index is 328. The highest BCUT2D eigenvalue weighted by Gasteiger charge is 2.32. The van der Waals surface area contributed by atoms with Gasteiger partial charge in [0.2, 0.25) is 5.91 Å². The van der Waals surface area contributed by atoms with Crippen LogP contribution in [0.2, 0.25) is 0 Å². The van der Waals surface area contributed by atoms with Crippen LogP contribution in [0.3, 0.4) is 0 Å². The lowest BCUT2D eigenvalue weighted by Crippen LogP contribution is -2.39. The van der Waals surface area contributed by atoms with Crippen LogP contribution in [-0.4, -0.2) is 44.0 Å². The molecule has 0 atom stereocenters.